The number of halogens is 1. The highest BCUT2D eigenvalue weighted by atomic mass is 19.1. The van der Waals surface area contributed by atoms with Gasteiger partial charge in [-0.05, 0) is 35.9 Å². The van der Waals surface area contributed by atoms with Crippen molar-refractivity contribution >= 4 is 17.0 Å². The van der Waals surface area contributed by atoms with Crippen molar-refractivity contribution in [3.05, 3.63) is 65.8 Å². The number of amides is 1. The molecule has 5 heteroatoms. The topological polar surface area (TPSA) is 55.1 Å². The summed E-state index contributed by atoms with van der Waals surface area (Å²) in [5, 5.41) is 2.77. The lowest BCUT2D eigenvalue weighted by molar-refractivity contribution is 0.0951. The average molecular weight is 270 g/mol. The van der Waals surface area contributed by atoms with Crippen molar-refractivity contribution in [3.63, 3.8) is 0 Å². The van der Waals surface area contributed by atoms with Gasteiger partial charge in [-0.1, -0.05) is 12.1 Å². The summed E-state index contributed by atoms with van der Waals surface area (Å²) in [4.78, 5) is 16.0. The van der Waals surface area contributed by atoms with Crippen molar-refractivity contribution in [2.75, 3.05) is 0 Å². The molecule has 100 valence electrons. The molecular formula is C15H11FN2O2. The van der Waals surface area contributed by atoms with Gasteiger partial charge in [0.05, 0.1) is 0 Å². The zero-order chi connectivity index (χ0) is 13.9. The molecule has 0 saturated carbocycles. The maximum absolute atomic E-state index is 12.8. The predicted molar refractivity (Wildman–Crippen MR) is 71.6 cm³/mol. The smallest absolute Gasteiger partial charge is 0.251 e. The standard InChI is InChI=1S/C15H11FN2O2/c16-12-4-1-10(2-5-12)8-17-15(19)11-3-6-14-13(7-11)18-9-20-14/h1-7,9H,8H2,(H,17,19). The van der Waals surface area contributed by atoms with Crippen LogP contribution >= 0.6 is 0 Å². The molecule has 0 radical (unpaired) electrons. The number of nitrogens with zero attached hydrogens (tertiary/aromatic N) is 1. The molecule has 3 rings (SSSR count). The first-order valence-corrected chi connectivity index (χ1v) is 6.08. The van der Waals surface area contributed by atoms with Crippen LogP contribution in [0.2, 0.25) is 0 Å². The van der Waals surface area contributed by atoms with Crippen LogP contribution in [0.3, 0.4) is 0 Å². The molecule has 3 aromatic rings. The molecule has 0 fully saturated rings. The first-order valence-electron chi connectivity index (χ1n) is 6.08. The van der Waals surface area contributed by atoms with Crippen molar-refractivity contribution in [1.82, 2.24) is 10.3 Å². The summed E-state index contributed by atoms with van der Waals surface area (Å²) >= 11 is 0. The first kappa shape index (κ1) is 12.3. The van der Waals surface area contributed by atoms with Crippen LogP contribution in [0.1, 0.15) is 15.9 Å². The highest BCUT2D eigenvalue weighted by molar-refractivity contribution is 5.96. The number of aromatic nitrogens is 1. The third-order valence-corrected chi connectivity index (χ3v) is 2.96. The zero-order valence-corrected chi connectivity index (χ0v) is 10.5. The van der Waals surface area contributed by atoms with E-state index in [1.165, 1.54) is 18.5 Å². The van der Waals surface area contributed by atoms with E-state index in [4.69, 9.17) is 4.42 Å². The molecule has 4 nitrogen and oxygen atoms in total. The number of carbonyl (C=O) groups is 1. The number of hydrogen-bond donors (Lipinski definition) is 1. The Hall–Kier alpha value is -2.69. The van der Waals surface area contributed by atoms with Gasteiger partial charge in [0, 0.05) is 12.1 Å². The van der Waals surface area contributed by atoms with Crippen molar-refractivity contribution < 1.29 is 13.6 Å². The van der Waals surface area contributed by atoms with Crippen LogP contribution < -0.4 is 5.32 Å². The van der Waals surface area contributed by atoms with E-state index in [2.05, 4.69) is 10.3 Å². The van der Waals surface area contributed by atoms with Gasteiger partial charge in [-0.2, -0.15) is 0 Å². The molecule has 1 heterocycles. The Labute approximate surface area is 114 Å². The molecule has 0 saturated heterocycles. The SMILES string of the molecule is O=C(NCc1ccc(F)cc1)c1ccc2ocnc2c1. The fourth-order valence-corrected chi connectivity index (χ4v) is 1.89. The van der Waals surface area contributed by atoms with Crippen LogP contribution in [0.25, 0.3) is 11.1 Å². The van der Waals surface area contributed by atoms with E-state index in [0.29, 0.717) is 23.2 Å². The van der Waals surface area contributed by atoms with E-state index in [0.717, 1.165) is 5.56 Å². The summed E-state index contributed by atoms with van der Waals surface area (Å²) in [6.45, 7) is 0.343. The number of hydrogen-bond acceptors (Lipinski definition) is 3. The van der Waals surface area contributed by atoms with E-state index in [1.54, 1.807) is 30.3 Å². The lowest BCUT2D eigenvalue weighted by Crippen LogP contribution is -2.22. The van der Waals surface area contributed by atoms with Gasteiger partial charge in [0.2, 0.25) is 0 Å². The lowest BCUT2D eigenvalue weighted by Gasteiger charge is -2.05. The van der Waals surface area contributed by atoms with Gasteiger partial charge < -0.3 is 9.73 Å². The third kappa shape index (κ3) is 2.51. The Morgan fingerprint density at radius 3 is 2.80 bits per heavy atom. The minimum atomic E-state index is -0.295. The van der Waals surface area contributed by atoms with Crippen LogP contribution in [0.4, 0.5) is 4.39 Å². The molecule has 0 aliphatic carbocycles. The zero-order valence-electron chi connectivity index (χ0n) is 10.5. The Kier molecular flexibility index (Phi) is 3.16. The molecule has 20 heavy (non-hydrogen) atoms. The average Bonchev–Trinajstić information content (AvgIpc) is 2.93. The minimum absolute atomic E-state index is 0.209. The van der Waals surface area contributed by atoms with E-state index < -0.39 is 0 Å². The van der Waals surface area contributed by atoms with Crippen molar-refractivity contribution in [2.45, 2.75) is 6.54 Å². The summed E-state index contributed by atoms with van der Waals surface area (Å²) in [6, 6.07) is 11.0. The largest absolute Gasteiger partial charge is 0.443 e. The van der Waals surface area contributed by atoms with Crippen LogP contribution in [0.5, 0.6) is 0 Å². The molecule has 0 spiro atoms. The van der Waals surface area contributed by atoms with Gasteiger partial charge in [-0.25, -0.2) is 9.37 Å². The molecule has 1 aromatic heterocycles. The molecule has 1 N–H and O–H groups in total. The molecular weight excluding hydrogens is 259 g/mol. The lowest BCUT2D eigenvalue weighted by atomic mass is 10.1. The normalized spacial score (nSPS) is 10.7. The molecule has 0 unspecified atom stereocenters. The number of fused-ring (bicyclic) bond motifs is 1. The minimum Gasteiger partial charge on any atom is -0.443 e. The number of nitrogens with one attached hydrogen (secondary N) is 1. The predicted octanol–water partition coefficient (Wildman–Crippen LogP) is 2.90. The quantitative estimate of drug-likeness (QED) is 0.796. The van der Waals surface area contributed by atoms with Gasteiger partial charge in [0.15, 0.2) is 12.0 Å². The second-order valence-corrected chi connectivity index (χ2v) is 4.34. The van der Waals surface area contributed by atoms with Crippen molar-refractivity contribution in [3.8, 4) is 0 Å². The first-order chi connectivity index (χ1) is 9.72. The number of benzene rings is 2. The Morgan fingerprint density at radius 1 is 1.20 bits per heavy atom. The second-order valence-electron chi connectivity index (χ2n) is 4.34. The van der Waals surface area contributed by atoms with E-state index in [9.17, 15) is 9.18 Å². The molecule has 2 aromatic carbocycles. The van der Waals surface area contributed by atoms with Gasteiger partial charge in [-0.15, -0.1) is 0 Å². The van der Waals surface area contributed by atoms with Gasteiger partial charge in [-0.3, -0.25) is 4.79 Å². The number of carbonyl (C=O) groups excluding carboxylic acids is 1. The van der Waals surface area contributed by atoms with E-state index >= 15 is 0 Å². The molecule has 0 bridgehead atoms. The maximum atomic E-state index is 12.8. The monoisotopic (exact) mass is 270 g/mol. The highest BCUT2D eigenvalue weighted by Crippen LogP contribution is 2.14. The maximum Gasteiger partial charge on any atom is 0.251 e. The third-order valence-electron chi connectivity index (χ3n) is 2.96. The molecule has 0 atom stereocenters. The van der Waals surface area contributed by atoms with Crippen molar-refractivity contribution in [1.29, 1.82) is 0 Å². The fraction of sp³-hybridized carbons (Fsp3) is 0.0667. The Bertz CT molecular complexity index is 750. The Balaban J connectivity index is 1.70. The van der Waals surface area contributed by atoms with Crippen LogP contribution in [-0.2, 0) is 6.54 Å². The van der Waals surface area contributed by atoms with Gasteiger partial charge >= 0.3 is 0 Å². The van der Waals surface area contributed by atoms with Gasteiger partial charge in [0.1, 0.15) is 11.3 Å². The number of rotatable bonds is 3. The van der Waals surface area contributed by atoms with E-state index in [1.807, 2.05) is 0 Å². The number of oxazole rings is 1. The molecule has 0 aliphatic heterocycles. The second kappa shape index (κ2) is 5.13. The molecule has 0 aliphatic rings. The molecule has 1 amide bonds. The Morgan fingerprint density at radius 2 is 2.00 bits per heavy atom. The summed E-state index contributed by atoms with van der Waals surface area (Å²) < 4.78 is 17.9. The van der Waals surface area contributed by atoms with Crippen LogP contribution in [0, 0.1) is 5.82 Å². The van der Waals surface area contributed by atoms with Gasteiger partial charge in [0.25, 0.3) is 5.91 Å². The van der Waals surface area contributed by atoms with Crippen LogP contribution in [0.15, 0.2) is 53.3 Å². The summed E-state index contributed by atoms with van der Waals surface area (Å²) in [5.74, 6) is -0.504. The summed E-state index contributed by atoms with van der Waals surface area (Å²) in [6.07, 6.45) is 1.34. The summed E-state index contributed by atoms with van der Waals surface area (Å²) in [5.41, 5.74) is 2.62. The summed E-state index contributed by atoms with van der Waals surface area (Å²) in [7, 11) is 0. The highest BCUT2D eigenvalue weighted by Gasteiger charge is 2.08. The van der Waals surface area contributed by atoms with Crippen molar-refractivity contribution in [2.24, 2.45) is 0 Å². The van der Waals surface area contributed by atoms with E-state index in [-0.39, 0.29) is 11.7 Å². The fourth-order valence-electron chi connectivity index (χ4n) is 1.89. The van der Waals surface area contributed by atoms with Crippen LogP contribution in [-0.4, -0.2) is 10.9 Å².